The van der Waals surface area contributed by atoms with Crippen LogP contribution in [0, 0.1) is 0 Å². The minimum Gasteiger partial charge on any atom is -0.462 e. The maximum Gasteiger partial charge on any atom is 0.306 e. The Kier molecular flexibility index (Phi) is 49.3. The Balaban J connectivity index is 4.29. The first-order valence-corrected chi connectivity index (χ1v) is 27.0. The lowest BCUT2D eigenvalue weighted by atomic mass is 10.0. The van der Waals surface area contributed by atoms with Crippen LogP contribution in [-0.2, 0) is 28.6 Å². The molecule has 362 valence electrons. The van der Waals surface area contributed by atoms with Gasteiger partial charge in [0.2, 0.25) is 0 Å². The van der Waals surface area contributed by atoms with Crippen LogP contribution < -0.4 is 0 Å². The van der Waals surface area contributed by atoms with Gasteiger partial charge in [0.15, 0.2) is 6.10 Å². The summed E-state index contributed by atoms with van der Waals surface area (Å²) in [4.78, 5) is 37.9. The fourth-order valence-corrected chi connectivity index (χ4v) is 7.77. The summed E-state index contributed by atoms with van der Waals surface area (Å²) in [6.45, 7) is 6.56. The van der Waals surface area contributed by atoms with Crippen LogP contribution in [0.2, 0.25) is 0 Å². The number of allylic oxidation sites excluding steroid dienone is 6. The Hall–Kier alpha value is -2.37. The van der Waals surface area contributed by atoms with Crippen molar-refractivity contribution in [2.75, 3.05) is 13.2 Å². The highest BCUT2D eigenvalue weighted by Crippen LogP contribution is 2.16. The molecule has 0 amide bonds. The molecule has 0 saturated heterocycles. The molecule has 0 radical (unpaired) electrons. The van der Waals surface area contributed by atoms with Gasteiger partial charge < -0.3 is 14.2 Å². The van der Waals surface area contributed by atoms with E-state index < -0.39 is 6.10 Å². The third-order valence-electron chi connectivity index (χ3n) is 11.8. The highest BCUT2D eigenvalue weighted by Gasteiger charge is 2.19. The molecule has 0 bridgehead atoms. The summed E-state index contributed by atoms with van der Waals surface area (Å²) in [6, 6.07) is 0. The molecule has 0 aromatic heterocycles. The highest BCUT2D eigenvalue weighted by molar-refractivity contribution is 5.71. The zero-order valence-corrected chi connectivity index (χ0v) is 41.4. The number of esters is 3. The maximum atomic E-state index is 12.8. The Morgan fingerprint density at radius 1 is 0.323 bits per heavy atom. The van der Waals surface area contributed by atoms with E-state index >= 15 is 0 Å². The van der Waals surface area contributed by atoms with Gasteiger partial charge >= 0.3 is 17.9 Å². The van der Waals surface area contributed by atoms with Gasteiger partial charge in [-0.3, -0.25) is 14.4 Å². The second kappa shape index (κ2) is 51.3. The zero-order valence-electron chi connectivity index (χ0n) is 41.4. The predicted molar refractivity (Wildman–Crippen MR) is 266 cm³/mol. The number of carbonyl (C=O) groups excluding carboxylic acids is 3. The summed E-state index contributed by atoms with van der Waals surface area (Å²) in [5, 5.41) is 0. The topological polar surface area (TPSA) is 78.9 Å². The number of carbonyl (C=O) groups is 3. The van der Waals surface area contributed by atoms with E-state index in [0.717, 1.165) is 96.3 Å². The molecule has 0 aromatic carbocycles. The molecule has 0 aliphatic rings. The molecule has 0 aliphatic carbocycles. The summed E-state index contributed by atoms with van der Waals surface area (Å²) in [6.07, 6.45) is 59.9. The van der Waals surface area contributed by atoms with E-state index in [9.17, 15) is 14.4 Å². The minimum atomic E-state index is -0.778. The van der Waals surface area contributed by atoms with E-state index in [1.807, 2.05) is 0 Å². The molecule has 6 heteroatoms. The van der Waals surface area contributed by atoms with Crippen molar-refractivity contribution < 1.29 is 28.6 Å². The molecule has 0 saturated carbocycles. The number of hydrogen-bond donors (Lipinski definition) is 0. The monoisotopic (exact) mass is 871 g/mol. The molecule has 0 aliphatic heterocycles. The first kappa shape index (κ1) is 59.6. The first-order chi connectivity index (χ1) is 30.5. The van der Waals surface area contributed by atoms with Crippen molar-refractivity contribution in [1.82, 2.24) is 0 Å². The second-order valence-corrected chi connectivity index (χ2v) is 18.1. The number of rotatable bonds is 49. The summed E-state index contributed by atoms with van der Waals surface area (Å²) in [7, 11) is 0. The van der Waals surface area contributed by atoms with Gasteiger partial charge in [-0.2, -0.15) is 0 Å². The second-order valence-electron chi connectivity index (χ2n) is 18.1. The smallest absolute Gasteiger partial charge is 0.306 e. The third kappa shape index (κ3) is 48.7. The molecule has 1 unspecified atom stereocenters. The van der Waals surface area contributed by atoms with Gasteiger partial charge in [-0.1, -0.05) is 231 Å². The first-order valence-electron chi connectivity index (χ1n) is 27.0. The van der Waals surface area contributed by atoms with Gasteiger partial charge in [0.25, 0.3) is 0 Å². The van der Waals surface area contributed by atoms with Gasteiger partial charge in [0.05, 0.1) is 0 Å². The Labute approximate surface area is 385 Å². The SMILES string of the molecule is CCC/C=C\CCCCCCCC(=O)OCC(COC(=O)CCCCCCCCCCCCCCCCCCCCC)OC(=O)CCCCCCC/C=C\C/C=C\CCCCC. The van der Waals surface area contributed by atoms with Gasteiger partial charge in [-0.05, 0) is 70.6 Å². The van der Waals surface area contributed by atoms with E-state index in [4.69, 9.17) is 14.2 Å². The van der Waals surface area contributed by atoms with Crippen LogP contribution in [-0.4, -0.2) is 37.2 Å². The predicted octanol–water partition coefficient (Wildman–Crippen LogP) is 17.7. The van der Waals surface area contributed by atoms with Crippen LogP contribution in [0.5, 0.6) is 0 Å². The molecule has 0 aromatic rings. The average Bonchev–Trinajstić information content (AvgIpc) is 3.27. The van der Waals surface area contributed by atoms with Gasteiger partial charge in [-0.15, -0.1) is 0 Å². The average molecular weight is 871 g/mol. The van der Waals surface area contributed by atoms with Gasteiger partial charge in [0.1, 0.15) is 13.2 Å². The van der Waals surface area contributed by atoms with Crippen molar-refractivity contribution in [2.24, 2.45) is 0 Å². The van der Waals surface area contributed by atoms with E-state index in [1.165, 1.54) is 148 Å². The van der Waals surface area contributed by atoms with Crippen molar-refractivity contribution in [1.29, 1.82) is 0 Å². The van der Waals surface area contributed by atoms with Crippen molar-refractivity contribution in [3.8, 4) is 0 Å². The number of hydrogen-bond acceptors (Lipinski definition) is 6. The summed E-state index contributed by atoms with van der Waals surface area (Å²) in [5.74, 6) is -0.891. The summed E-state index contributed by atoms with van der Waals surface area (Å²) >= 11 is 0. The lowest BCUT2D eigenvalue weighted by Gasteiger charge is -2.18. The van der Waals surface area contributed by atoms with E-state index in [2.05, 4.69) is 57.2 Å². The van der Waals surface area contributed by atoms with E-state index in [0.29, 0.717) is 19.3 Å². The quantitative estimate of drug-likeness (QED) is 0.0262. The van der Waals surface area contributed by atoms with Crippen LogP contribution in [0.4, 0.5) is 0 Å². The van der Waals surface area contributed by atoms with Crippen molar-refractivity contribution >= 4 is 17.9 Å². The van der Waals surface area contributed by atoms with Gasteiger partial charge in [0, 0.05) is 19.3 Å². The van der Waals surface area contributed by atoms with Crippen LogP contribution in [0.15, 0.2) is 36.5 Å². The molecule has 1 atom stereocenters. The molecule has 0 spiro atoms. The third-order valence-corrected chi connectivity index (χ3v) is 11.8. The molecule has 0 rings (SSSR count). The standard InChI is InChI=1S/C56H102O6/c1-4-7-10-13-16-19-22-24-26-27-28-29-31-32-34-37-40-43-46-49-55(58)61-52-53(51-60-54(57)48-45-42-39-36-21-18-15-12-9-6-3)62-56(59)50-47-44-41-38-35-33-30-25-23-20-17-14-11-8-5-2/h12,15,17,20,25,30,53H,4-11,13-14,16,18-19,21-24,26-29,31-52H2,1-3H3/b15-12-,20-17-,30-25-. The fraction of sp³-hybridized carbons (Fsp3) is 0.839. The maximum absolute atomic E-state index is 12.8. The lowest BCUT2D eigenvalue weighted by molar-refractivity contribution is -0.167. The van der Waals surface area contributed by atoms with Crippen molar-refractivity contribution in [3.63, 3.8) is 0 Å². The molecule has 6 nitrogen and oxygen atoms in total. The molecular weight excluding hydrogens is 769 g/mol. The van der Waals surface area contributed by atoms with Crippen LogP contribution in [0.25, 0.3) is 0 Å². The number of unbranched alkanes of at least 4 members (excludes halogenated alkanes) is 32. The molecule has 0 fully saturated rings. The minimum absolute atomic E-state index is 0.0775. The van der Waals surface area contributed by atoms with Gasteiger partial charge in [-0.25, -0.2) is 0 Å². The molecular formula is C56H102O6. The molecule has 0 N–H and O–H groups in total. The Morgan fingerprint density at radius 3 is 1.00 bits per heavy atom. The Bertz CT molecular complexity index is 1050. The Morgan fingerprint density at radius 2 is 0.613 bits per heavy atom. The summed E-state index contributed by atoms with van der Waals surface area (Å²) < 4.78 is 16.8. The van der Waals surface area contributed by atoms with Crippen LogP contribution in [0.1, 0.15) is 284 Å². The summed E-state index contributed by atoms with van der Waals surface area (Å²) in [5.41, 5.74) is 0. The van der Waals surface area contributed by atoms with Crippen molar-refractivity contribution in [3.05, 3.63) is 36.5 Å². The molecule has 0 heterocycles. The largest absolute Gasteiger partial charge is 0.462 e. The fourth-order valence-electron chi connectivity index (χ4n) is 7.77. The van der Waals surface area contributed by atoms with Crippen LogP contribution >= 0.6 is 0 Å². The highest BCUT2D eigenvalue weighted by atomic mass is 16.6. The lowest BCUT2D eigenvalue weighted by Crippen LogP contribution is -2.30. The van der Waals surface area contributed by atoms with E-state index in [-0.39, 0.29) is 31.1 Å². The van der Waals surface area contributed by atoms with E-state index in [1.54, 1.807) is 0 Å². The van der Waals surface area contributed by atoms with Crippen LogP contribution in [0.3, 0.4) is 0 Å². The normalized spacial score (nSPS) is 12.2. The zero-order chi connectivity index (χ0) is 45.1. The molecule has 62 heavy (non-hydrogen) atoms. The number of ether oxygens (including phenoxy) is 3. The van der Waals surface area contributed by atoms with Crippen molar-refractivity contribution in [2.45, 2.75) is 290 Å².